The fourth-order valence-electron chi connectivity index (χ4n) is 5.98. The van der Waals surface area contributed by atoms with Crippen molar-refractivity contribution in [3.8, 4) is 0 Å². The summed E-state index contributed by atoms with van der Waals surface area (Å²) in [6.45, 7) is 29.9. The lowest BCUT2D eigenvalue weighted by molar-refractivity contribution is 0.108. The van der Waals surface area contributed by atoms with E-state index in [2.05, 4.69) is 83.1 Å². The molecule has 1 rings (SSSR count). The van der Waals surface area contributed by atoms with Crippen molar-refractivity contribution in [2.45, 2.75) is 122 Å². The number of hydrogen-bond acceptors (Lipinski definition) is 0. The minimum atomic E-state index is 0.824. The Bertz CT molecular complexity index is 451. The zero-order chi connectivity index (χ0) is 23.2. The summed E-state index contributed by atoms with van der Waals surface area (Å²) in [5.41, 5.74) is 0. The normalized spacial score (nSPS) is 28.3. The fraction of sp³-hybridized carbons (Fsp3) is 1.00. The molecule has 0 aromatic rings. The van der Waals surface area contributed by atoms with Crippen LogP contribution in [0.3, 0.4) is 0 Å². The van der Waals surface area contributed by atoms with Gasteiger partial charge in [0.2, 0.25) is 0 Å². The van der Waals surface area contributed by atoms with Crippen LogP contribution >= 0.6 is 0 Å². The molecule has 0 nitrogen and oxygen atoms in total. The van der Waals surface area contributed by atoms with E-state index in [4.69, 9.17) is 0 Å². The molecular weight excluding hydrogens is 360 g/mol. The first kappa shape index (κ1) is 28.0. The van der Waals surface area contributed by atoms with Crippen LogP contribution in [0.5, 0.6) is 0 Å². The van der Waals surface area contributed by atoms with Gasteiger partial charge in [0.1, 0.15) is 0 Å². The molecule has 1 aliphatic rings. The Morgan fingerprint density at radius 2 is 1.07 bits per heavy atom. The second kappa shape index (κ2) is 12.9. The lowest BCUT2D eigenvalue weighted by Gasteiger charge is -2.38. The Hall–Kier alpha value is 0. The third-order valence-electron chi connectivity index (χ3n) is 10.5. The summed E-state index contributed by atoms with van der Waals surface area (Å²) < 4.78 is 0. The van der Waals surface area contributed by atoms with Crippen LogP contribution in [-0.4, -0.2) is 0 Å². The van der Waals surface area contributed by atoms with Crippen LogP contribution < -0.4 is 0 Å². The first-order valence-corrected chi connectivity index (χ1v) is 13.9. The first-order chi connectivity index (χ1) is 13.9. The van der Waals surface area contributed by atoms with E-state index in [-0.39, 0.29) is 0 Å². The highest BCUT2D eigenvalue weighted by atomic mass is 14.5. The summed E-state index contributed by atoms with van der Waals surface area (Å²) in [4.78, 5) is 0. The van der Waals surface area contributed by atoms with Gasteiger partial charge in [-0.15, -0.1) is 0 Å². The Morgan fingerprint density at radius 3 is 1.57 bits per heavy atom. The Labute approximate surface area is 192 Å². The van der Waals surface area contributed by atoms with Crippen molar-refractivity contribution in [3.05, 3.63) is 0 Å². The molecule has 0 N–H and O–H groups in total. The molecular formula is C30H60. The molecule has 11 atom stereocenters. The molecule has 0 aliphatic heterocycles. The average Bonchev–Trinajstić information content (AvgIpc) is 3.44. The second-order valence-corrected chi connectivity index (χ2v) is 12.8. The standard InChI is InChI=1S/C30H60/c1-19(2)21(4)17-16-20(3)14-13-15-22(5)24(7)25(8)26(9)27(10)28(11)29(12)30-18-23(30)6/h19-30H,13-18H2,1-12H3. The minimum Gasteiger partial charge on any atom is -0.0625 e. The number of rotatable bonds is 15. The summed E-state index contributed by atoms with van der Waals surface area (Å²) in [6, 6.07) is 0. The lowest BCUT2D eigenvalue weighted by atomic mass is 9.67. The Kier molecular flexibility index (Phi) is 12.0. The molecule has 1 aliphatic carbocycles. The van der Waals surface area contributed by atoms with Gasteiger partial charge in [0, 0.05) is 0 Å². The first-order valence-electron chi connectivity index (χ1n) is 13.9. The summed E-state index contributed by atoms with van der Waals surface area (Å²) in [6.07, 6.45) is 8.58. The van der Waals surface area contributed by atoms with Crippen molar-refractivity contribution in [2.24, 2.45) is 71.0 Å². The minimum absolute atomic E-state index is 0.824. The van der Waals surface area contributed by atoms with Crippen molar-refractivity contribution >= 4 is 0 Å². The predicted octanol–water partition coefficient (Wildman–Crippen LogP) is 9.97. The highest BCUT2D eigenvalue weighted by Gasteiger charge is 2.41. The van der Waals surface area contributed by atoms with Gasteiger partial charge in [0.15, 0.2) is 0 Å². The van der Waals surface area contributed by atoms with Crippen LogP contribution in [-0.2, 0) is 0 Å². The molecule has 0 radical (unpaired) electrons. The molecule has 0 aromatic carbocycles. The van der Waals surface area contributed by atoms with Gasteiger partial charge in [-0.2, -0.15) is 0 Å². The van der Waals surface area contributed by atoms with E-state index in [1.807, 2.05) is 0 Å². The van der Waals surface area contributed by atoms with E-state index in [1.54, 1.807) is 0 Å². The number of hydrogen-bond donors (Lipinski definition) is 0. The van der Waals surface area contributed by atoms with Crippen molar-refractivity contribution in [1.82, 2.24) is 0 Å². The van der Waals surface area contributed by atoms with Gasteiger partial charge >= 0.3 is 0 Å². The maximum Gasteiger partial charge on any atom is -0.0357 e. The Balaban J connectivity index is 2.38. The second-order valence-electron chi connectivity index (χ2n) is 12.8. The average molecular weight is 421 g/mol. The van der Waals surface area contributed by atoms with Gasteiger partial charge in [-0.1, -0.05) is 115 Å². The SMILES string of the molecule is CC(CCCC(C)C(C)C(C)C(C)C(C)C(C)C(C)C1CC1C)CCC(C)C(C)C. The van der Waals surface area contributed by atoms with Gasteiger partial charge in [-0.3, -0.25) is 0 Å². The highest BCUT2D eigenvalue weighted by molar-refractivity contribution is 4.90. The van der Waals surface area contributed by atoms with Crippen molar-refractivity contribution < 1.29 is 0 Å². The molecule has 0 amide bonds. The largest absolute Gasteiger partial charge is 0.0625 e. The van der Waals surface area contributed by atoms with Crippen molar-refractivity contribution in [2.75, 3.05) is 0 Å². The Morgan fingerprint density at radius 1 is 0.567 bits per heavy atom. The summed E-state index contributed by atoms with van der Waals surface area (Å²) in [5.74, 6) is 10.5. The summed E-state index contributed by atoms with van der Waals surface area (Å²) in [7, 11) is 0. The van der Waals surface area contributed by atoms with E-state index >= 15 is 0 Å². The van der Waals surface area contributed by atoms with E-state index in [1.165, 1.54) is 38.5 Å². The molecule has 0 saturated heterocycles. The zero-order valence-electron chi connectivity index (χ0n) is 23.2. The summed E-state index contributed by atoms with van der Waals surface area (Å²) in [5, 5.41) is 0. The molecule has 0 spiro atoms. The lowest BCUT2D eigenvalue weighted by Crippen LogP contribution is -2.31. The smallest absolute Gasteiger partial charge is 0.0357 e. The van der Waals surface area contributed by atoms with Gasteiger partial charge in [0.25, 0.3) is 0 Å². The molecule has 11 unspecified atom stereocenters. The molecule has 1 fully saturated rings. The molecule has 0 heterocycles. The van der Waals surface area contributed by atoms with Crippen molar-refractivity contribution in [1.29, 1.82) is 0 Å². The van der Waals surface area contributed by atoms with E-state index in [0.29, 0.717) is 0 Å². The van der Waals surface area contributed by atoms with Crippen LogP contribution in [0, 0.1) is 71.0 Å². The zero-order valence-corrected chi connectivity index (χ0v) is 23.2. The fourth-order valence-corrected chi connectivity index (χ4v) is 5.98. The van der Waals surface area contributed by atoms with Crippen LogP contribution in [0.15, 0.2) is 0 Å². The molecule has 180 valence electrons. The maximum absolute atomic E-state index is 2.55. The quantitative estimate of drug-likeness (QED) is 0.247. The monoisotopic (exact) mass is 420 g/mol. The third-order valence-corrected chi connectivity index (χ3v) is 10.5. The van der Waals surface area contributed by atoms with Crippen LogP contribution in [0.4, 0.5) is 0 Å². The van der Waals surface area contributed by atoms with E-state index < -0.39 is 0 Å². The molecule has 1 saturated carbocycles. The van der Waals surface area contributed by atoms with Crippen LogP contribution in [0.1, 0.15) is 122 Å². The van der Waals surface area contributed by atoms with E-state index in [9.17, 15) is 0 Å². The molecule has 0 aromatic heterocycles. The highest BCUT2D eigenvalue weighted by Crippen LogP contribution is 2.49. The topological polar surface area (TPSA) is 0 Å². The third kappa shape index (κ3) is 8.50. The summed E-state index contributed by atoms with van der Waals surface area (Å²) >= 11 is 0. The van der Waals surface area contributed by atoms with E-state index in [0.717, 1.165) is 71.0 Å². The van der Waals surface area contributed by atoms with Gasteiger partial charge in [-0.25, -0.2) is 0 Å². The van der Waals surface area contributed by atoms with Gasteiger partial charge in [0.05, 0.1) is 0 Å². The van der Waals surface area contributed by atoms with Gasteiger partial charge in [-0.05, 0) is 77.4 Å². The van der Waals surface area contributed by atoms with Crippen molar-refractivity contribution in [3.63, 3.8) is 0 Å². The van der Waals surface area contributed by atoms with Gasteiger partial charge < -0.3 is 0 Å². The molecule has 30 heavy (non-hydrogen) atoms. The van der Waals surface area contributed by atoms with Crippen LogP contribution in [0.25, 0.3) is 0 Å². The van der Waals surface area contributed by atoms with Crippen LogP contribution in [0.2, 0.25) is 0 Å². The predicted molar refractivity (Wildman–Crippen MR) is 138 cm³/mol. The molecule has 0 bridgehead atoms. The maximum atomic E-state index is 2.55. The molecule has 0 heteroatoms.